The van der Waals surface area contributed by atoms with Gasteiger partial charge in [-0.25, -0.2) is 8.78 Å². The summed E-state index contributed by atoms with van der Waals surface area (Å²) < 4.78 is 27.9. The molecule has 0 radical (unpaired) electrons. The summed E-state index contributed by atoms with van der Waals surface area (Å²) in [5, 5.41) is 0. The van der Waals surface area contributed by atoms with Crippen LogP contribution in [0.15, 0.2) is 35.3 Å². The molecule has 0 aliphatic carbocycles. The number of aryl methyl sites for hydroxylation is 1. The average molecular weight is 278 g/mol. The molecule has 106 valence electrons. The van der Waals surface area contributed by atoms with E-state index in [-0.39, 0.29) is 5.43 Å². The van der Waals surface area contributed by atoms with Crippen molar-refractivity contribution in [3.05, 3.63) is 63.6 Å². The number of benzene rings is 1. The van der Waals surface area contributed by atoms with E-state index in [0.29, 0.717) is 16.9 Å². The summed E-state index contributed by atoms with van der Waals surface area (Å²) >= 11 is 0. The minimum Gasteiger partial charge on any atom is -0.322 e. The molecule has 2 N–H and O–H groups in total. The predicted molar refractivity (Wildman–Crippen MR) is 73.9 cm³/mol. The van der Waals surface area contributed by atoms with Crippen molar-refractivity contribution < 1.29 is 8.78 Å². The van der Waals surface area contributed by atoms with Crippen molar-refractivity contribution in [3.8, 4) is 5.69 Å². The van der Waals surface area contributed by atoms with Crippen LogP contribution in [0.2, 0.25) is 0 Å². The van der Waals surface area contributed by atoms with Gasteiger partial charge >= 0.3 is 0 Å². The molecule has 3 nitrogen and oxygen atoms in total. The van der Waals surface area contributed by atoms with E-state index in [9.17, 15) is 13.6 Å². The van der Waals surface area contributed by atoms with Gasteiger partial charge in [-0.2, -0.15) is 0 Å². The number of aromatic nitrogens is 1. The first-order chi connectivity index (χ1) is 9.20. The van der Waals surface area contributed by atoms with Gasteiger partial charge in [-0.05, 0) is 32.9 Å². The highest BCUT2D eigenvalue weighted by molar-refractivity contribution is 5.37. The molecule has 0 aliphatic heterocycles. The summed E-state index contributed by atoms with van der Waals surface area (Å²) in [6.07, 6.45) is 1.57. The van der Waals surface area contributed by atoms with Crippen molar-refractivity contribution in [2.75, 3.05) is 0 Å². The van der Waals surface area contributed by atoms with E-state index in [1.807, 2.05) is 0 Å². The standard InChI is InChI=1S/C15H16F2N2O/c1-9-6-14(20)11(15(2,3)18)8-19(9)10-4-5-12(16)13(17)7-10/h4-8H,18H2,1-3H3. The highest BCUT2D eigenvalue weighted by Crippen LogP contribution is 2.18. The molecule has 1 aromatic heterocycles. The van der Waals surface area contributed by atoms with Crippen molar-refractivity contribution >= 4 is 0 Å². The zero-order valence-corrected chi connectivity index (χ0v) is 11.6. The summed E-state index contributed by atoms with van der Waals surface area (Å²) in [5.74, 6) is -1.85. The Labute approximate surface area is 115 Å². The number of nitrogens with two attached hydrogens (primary N) is 1. The number of halogens is 2. The van der Waals surface area contributed by atoms with Crippen LogP contribution >= 0.6 is 0 Å². The highest BCUT2D eigenvalue weighted by atomic mass is 19.2. The molecule has 1 aromatic carbocycles. The molecule has 2 rings (SSSR count). The molecular weight excluding hydrogens is 262 g/mol. The van der Waals surface area contributed by atoms with Crippen molar-refractivity contribution in [1.29, 1.82) is 0 Å². The first kappa shape index (κ1) is 14.4. The number of nitrogens with zero attached hydrogens (tertiary/aromatic N) is 1. The lowest BCUT2D eigenvalue weighted by atomic mass is 9.96. The lowest BCUT2D eigenvalue weighted by Gasteiger charge is -2.21. The van der Waals surface area contributed by atoms with Crippen LogP contribution in [-0.2, 0) is 5.54 Å². The molecule has 0 spiro atoms. The van der Waals surface area contributed by atoms with E-state index in [4.69, 9.17) is 5.73 Å². The minimum absolute atomic E-state index is 0.172. The van der Waals surface area contributed by atoms with Crippen LogP contribution in [0.5, 0.6) is 0 Å². The smallest absolute Gasteiger partial charge is 0.186 e. The van der Waals surface area contributed by atoms with Gasteiger partial charge in [0.25, 0.3) is 0 Å². The van der Waals surface area contributed by atoms with Crippen molar-refractivity contribution in [2.24, 2.45) is 5.73 Å². The average Bonchev–Trinajstić information content (AvgIpc) is 2.31. The highest BCUT2D eigenvalue weighted by Gasteiger charge is 2.19. The fourth-order valence-electron chi connectivity index (χ4n) is 2.03. The summed E-state index contributed by atoms with van der Waals surface area (Å²) in [6.45, 7) is 5.15. The maximum Gasteiger partial charge on any atom is 0.186 e. The second kappa shape index (κ2) is 4.83. The van der Waals surface area contributed by atoms with E-state index in [2.05, 4.69) is 0 Å². The summed E-state index contributed by atoms with van der Waals surface area (Å²) in [4.78, 5) is 12.0. The first-order valence-corrected chi connectivity index (χ1v) is 6.18. The quantitative estimate of drug-likeness (QED) is 0.918. The van der Waals surface area contributed by atoms with E-state index in [0.717, 1.165) is 12.1 Å². The van der Waals surface area contributed by atoms with Gasteiger partial charge in [-0.1, -0.05) is 0 Å². The van der Waals surface area contributed by atoms with Crippen LogP contribution in [0.1, 0.15) is 25.1 Å². The zero-order valence-electron chi connectivity index (χ0n) is 11.6. The topological polar surface area (TPSA) is 48.0 Å². The third-order valence-corrected chi connectivity index (χ3v) is 3.12. The Balaban J connectivity index is 2.68. The SMILES string of the molecule is Cc1cc(=O)c(C(C)(C)N)cn1-c1ccc(F)c(F)c1. The van der Waals surface area contributed by atoms with Gasteiger partial charge < -0.3 is 10.3 Å². The normalized spacial score (nSPS) is 11.7. The van der Waals surface area contributed by atoms with Gasteiger partial charge in [0, 0.05) is 40.8 Å². The largest absolute Gasteiger partial charge is 0.322 e. The maximum atomic E-state index is 13.3. The van der Waals surface area contributed by atoms with Gasteiger partial charge in [-0.15, -0.1) is 0 Å². The molecule has 0 fully saturated rings. The molecule has 0 unspecified atom stereocenters. The second-order valence-electron chi connectivity index (χ2n) is 5.38. The Morgan fingerprint density at radius 2 is 1.80 bits per heavy atom. The van der Waals surface area contributed by atoms with E-state index in [1.165, 1.54) is 12.1 Å². The van der Waals surface area contributed by atoms with Gasteiger partial charge in [0.05, 0.1) is 0 Å². The Morgan fingerprint density at radius 3 is 2.35 bits per heavy atom. The van der Waals surface area contributed by atoms with Gasteiger partial charge in [0.1, 0.15) is 0 Å². The molecule has 0 amide bonds. The fourth-order valence-corrected chi connectivity index (χ4v) is 2.03. The number of pyridine rings is 1. The number of hydrogen-bond acceptors (Lipinski definition) is 2. The Hall–Kier alpha value is -2.01. The Morgan fingerprint density at radius 1 is 1.15 bits per heavy atom. The van der Waals surface area contributed by atoms with Gasteiger partial charge in [-0.3, -0.25) is 4.79 Å². The molecule has 1 heterocycles. The predicted octanol–water partition coefficient (Wildman–Crippen LogP) is 2.62. The van der Waals surface area contributed by atoms with Crippen LogP contribution in [-0.4, -0.2) is 4.57 Å². The van der Waals surface area contributed by atoms with Crippen molar-refractivity contribution in [3.63, 3.8) is 0 Å². The van der Waals surface area contributed by atoms with Crippen LogP contribution in [0.25, 0.3) is 5.69 Å². The molecule has 0 atom stereocenters. The van der Waals surface area contributed by atoms with Gasteiger partial charge in [0.15, 0.2) is 17.1 Å². The molecule has 20 heavy (non-hydrogen) atoms. The molecule has 0 aliphatic rings. The molecule has 0 saturated carbocycles. The van der Waals surface area contributed by atoms with Gasteiger partial charge in [0.2, 0.25) is 0 Å². The molecule has 0 bridgehead atoms. The molecule has 5 heteroatoms. The second-order valence-corrected chi connectivity index (χ2v) is 5.38. The van der Waals surface area contributed by atoms with Crippen LogP contribution in [0, 0.1) is 18.6 Å². The zero-order chi connectivity index (χ0) is 15.1. The molecule has 2 aromatic rings. The first-order valence-electron chi connectivity index (χ1n) is 6.18. The lowest BCUT2D eigenvalue weighted by molar-refractivity contribution is 0.507. The third-order valence-electron chi connectivity index (χ3n) is 3.12. The molecular formula is C15H16F2N2O. The Kier molecular flexibility index (Phi) is 3.48. The number of rotatable bonds is 2. The van der Waals surface area contributed by atoms with Crippen LogP contribution < -0.4 is 11.2 Å². The Bertz CT molecular complexity index is 715. The summed E-state index contributed by atoms with van der Waals surface area (Å²) in [5.41, 5.74) is 6.44. The fraction of sp³-hybridized carbons (Fsp3) is 0.267. The minimum atomic E-state index is -0.936. The van der Waals surface area contributed by atoms with Crippen LogP contribution in [0.3, 0.4) is 0 Å². The number of hydrogen-bond donors (Lipinski definition) is 1. The van der Waals surface area contributed by atoms with E-state index >= 15 is 0 Å². The van der Waals surface area contributed by atoms with E-state index in [1.54, 1.807) is 31.5 Å². The maximum absolute atomic E-state index is 13.3. The lowest BCUT2D eigenvalue weighted by Crippen LogP contribution is -2.35. The van der Waals surface area contributed by atoms with Crippen molar-refractivity contribution in [2.45, 2.75) is 26.3 Å². The third kappa shape index (κ3) is 2.63. The molecule has 0 saturated heterocycles. The van der Waals surface area contributed by atoms with Crippen LogP contribution in [0.4, 0.5) is 8.78 Å². The van der Waals surface area contributed by atoms with E-state index < -0.39 is 17.2 Å². The summed E-state index contributed by atoms with van der Waals surface area (Å²) in [7, 11) is 0. The monoisotopic (exact) mass is 278 g/mol. The summed E-state index contributed by atoms with van der Waals surface area (Å²) in [6, 6.07) is 5.02. The van der Waals surface area contributed by atoms with Crippen molar-refractivity contribution in [1.82, 2.24) is 4.57 Å².